The van der Waals surface area contributed by atoms with Crippen LogP contribution in [-0.2, 0) is 11.2 Å². The first-order chi connectivity index (χ1) is 15.8. The highest BCUT2D eigenvalue weighted by molar-refractivity contribution is 7.99. The number of thioether (sulfide) groups is 1. The summed E-state index contributed by atoms with van der Waals surface area (Å²) in [4.78, 5) is 12.5. The van der Waals surface area contributed by atoms with E-state index in [0.717, 1.165) is 23.7 Å². The largest absolute Gasteiger partial charge is 0.483 e. The molecule has 33 heavy (non-hydrogen) atoms. The van der Waals surface area contributed by atoms with E-state index in [0.29, 0.717) is 11.1 Å². The number of benzene rings is 2. The Labute approximate surface area is 201 Å². The minimum Gasteiger partial charge on any atom is -0.483 e. The summed E-state index contributed by atoms with van der Waals surface area (Å²) in [5.41, 5.74) is 3.32. The van der Waals surface area contributed by atoms with Crippen molar-refractivity contribution >= 4 is 23.4 Å². The van der Waals surface area contributed by atoms with Crippen molar-refractivity contribution in [3.05, 3.63) is 65.5 Å². The Morgan fingerprint density at radius 1 is 1.00 bits per heavy atom. The number of carbonyl (C=O) groups excluding carboxylic acids is 1. The first-order valence-corrected chi connectivity index (χ1v) is 12.5. The summed E-state index contributed by atoms with van der Waals surface area (Å²) in [5, 5.41) is 12.4. The molecule has 3 aromatic rings. The molecule has 7 heteroatoms. The van der Waals surface area contributed by atoms with Gasteiger partial charge in [-0.3, -0.25) is 4.79 Å². The molecule has 0 saturated carbocycles. The van der Waals surface area contributed by atoms with Gasteiger partial charge in [-0.25, -0.2) is 0 Å². The van der Waals surface area contributed by atoms with Crippen LogP contribution < -0.4 is 10.1 Å². The summed E-state index contributed by atoms with van der Waals surface area (Å²) in [5.74, 6) is 2.21. The predicted octanol–water partition coefficient (Wildman–Crippen LogP) is 6.42. The normalized spacial score (nSPS) is 12.2. The number of hydrogen-bond donors (Lipinski definition) is 1. The molecular weight excluding hydrogens is 432 g/mol. The summed E-state index contributed by atoms with van der Waals surface area (Å²) < 4.78 is 8.19. The average Bonchev–Trinajstić information content (AvgIpc) is 3.23. The molecule has 0 aliphatic heterocycles. The lowest BCUT2D eigenvalue weighted by molar-refractivity contribution is -0.113. The Morgan fingerprint density at radius 3 is 2.24 bits per heavy atom. The molecule has 1 aromatic heterocycles. The Bertz CT molecular complexity index is 1040. The van der Waals surface area contributed by atoms with Crippen LogP contribution in [0.15, 0.2) is 53.7 Å². The van der Waals surface area contributed by atoms with Crippen molar-refractivity contribution in [3.8, 4) is 5.75 Å². The third-order valence-electron chi connectivity index (χ3n) is 5.41. The van der Waals surface area contributed by atoms with Crippen LogP contribution in [0.4, 0.5) is 5.69 Å². The second-order valence-electron chi connectivity index (χ2n) is 8.68. The van der Waals surface area contributed by atoms with Crippen molar-refractivity contribution in [2.75, 3.05) is 11.1 Å². The van der Waals surface area contributed by atoms with Gasteiger partial charge in [0, 0.05) is 11.7 Å². The number of nitrogens with zero attached hydrogens (tertiary/aromatic N) is 3. The number of rotatable bonds is 10. The van der Waals surface area contributed by atoms with Gasteiger partial charge in [-0.05, 0) is 68.5 Å². The van der Waals surface area contributed by atoms with E-state index in [2.05, 4.69) is 62.3 Å². The smallest absolute Gasteiger partial charge is 0.234 e. The molecule has 0 bridgehead atoms. The lowest BCUT2D eigenvalue weighted by Gasteiger charge is -2.19. The topological polar surface area (TPSA) is 69.0 Å². The summed E-state index contributed by atoms with van der Waals surface area (Å²) >= 11 is 1.38. The van der Waals surface area contributed by atoms with E-state index in [1.165, 1.54) is 22.9 Å². The average molecular weight is 467 g/mol. The van der Waals surface area contributed by atoms with E-state index in [1.807, 2.05) is 47.9 Å². The molecule has 0 fully saturated rings. The molecule has 1 atom stereocenters. The Morgan fingerprint density at radius 2 is 1.67 bits per heavy atom. The van der Waals surface area contributed by atoms with Crippen LogP contribution in [-0.4, -0.2) is 26.4 Å². The second kappa shape index (κ2) is 11.4. The maximum atomic E-state index is 12.5. The minimum atomic E-state index is -0.273. The fourth-order valence-electron chi connectivity index (χ4n) is 3.49. The molecule has 1 heterocycles. The van der Waals surface area contributed by atoms with Gasteiger partial charge in [-0.15, -0.1) is 10.2 Å². The number of anilines is 1. The number of ether oxygens (including phenoxy) is 1. The van der Waals surface area contributed by atoms with Crippen molar-refractivity contribution in [2.24, 2.45) is 0 Å². The number of hydrogen-bond acceptors (Lipinski definition) is 5. The highest BCUT2D eigenvalue weighted by Crippen LogP contribution is 2.28. The first kappa shape index (κ1) is 24.8. The van der Waals surface area contributed by atoms with Gasteiger partial charge >= 0.3 is 0 Å². The van der Waals surface area contributed by atoms with Gasteiger partial charge in [0.2, 0.25) is 5.91 Å². The second-order valence-corrected chi connectivity index (χ2v) is 9.62. The lowest BCUT2D eigenvalue weighted by Crippen LogP contribution is -2.16. The van der Waals surface area contributed by atoms with Crippen LogP contribution in [0.1, 0.15) is 76.6 Å². The molecule has 0 aliphatic rings. The summed E-state index contributed by atoms with van der Waals surface area (Å²) in [6.07, 6.45) is 0.702. The molecule has 1 unspecified atom stereocenters. The van der Waals surface area contributed by atoms with Crippen LogP contribution in [0, 0.1) is 0 Å². The van der Waals surface area contributed by atoms with Gasteiger partial charge in [-0.1, -0.05) is 56.8 Å². The Balaban J connectivity index is 1.64. The van der Waals surface area contributed by atoms with Crippen molar-refractivity contribution in [1.82, 2.24) is 14.8 Å². The molecule has 1 N–H and O–H groups in total. The molecule has 0 spiro atoms. The fraction of sp³-hybridized carbons (Fsp3) is 0.423. The zero-order valence-electron chi connectivity index (χ0n) is 20.3. The third kappa shape index (κ3) is 6.60. The van der Waals surface area contributed by atoms with E-state index in [-0.39, 0.29) is 23.8 Å². The Kier molecular flexibility index (Phi) is 8.55. The SMILES string of the molecule is CCc1ccc(NC(=O)CSc2nnc(C(C)Oc3ccc(C(C)C)cc3)n2C(C)C)cc1. The van der Waals surface area contributed by atoms with Crippen LogP contribution in [0.5, 0.6) is 5.75 Å². The number of carbonyl (C=O) groups is 1. The van der Waals surface area contributed by atoms with Crippen LogP contribution in [0.2, 0.25) is 0 Å². The lowest BCUT2D eigenvalue weighted by atomic mass is 10.0. The van der Waals surface area contributed by atoms with Crippen molar-refractivity contribution < 1.29 is 9.53 Å². The third-order valence-corrected chi connectivity index (χ3v) is 6.35. The van der Waals surface area contributed by atoms with E-state index in [9.17, 15) is 4.79 Å². The molecular formula is C26H34N4O2S. The zero-order chi connectivity index (χ0) is 24.0. The van der Waals surface area contributed by atoms with Crippen LogP contribution >= 0.6 is 11.8 Å². The monoisotopic (exact) mass is 466 g/mol. The predicted molar refractivity (Wildman–Crippen MR) is 135 cm³/mol. The van der Waals surface area contributed by atoms with E-state index >= 15 is 0 Å². The number of aromatic nitrogens is 3. The molecule has 0 radical (unpaired) electrons. The molecule has 2 aromatic carbocycles. The summed E-state index contributed by atoms with van der Waals surface area (Å²) in [6.45, 7) is 12.6. The maximum absolute atomic E-state index is 12.5. The minimum absolute atomic E-state index is 0.0707. The van der Waals surface area contributed by atoms with Crippen molar-refractivity contribution in [3.63, 3.8) is 0 Å². The summed E-state index contributed by atoms with van der Waals surface area (Å²) in [7, 11) is 0. The van der Waals surface area contributed by atoms with Crippen LogP contribution in [0.3, 0.4) is 0 Å². The molecule has 6 nitrogen and oxygen atoms in total. The van der Waals surface area contributed by atoms with Gasteiger partial charge in [0.1, 0.15) is 5.75 Å². The fourth-order valence-corrected chi connectivity index (χ4v) is 4.36. The van der Waals surface area contributed by atoms with E-state index in [1.54, 1.807) is 0 Å². The molecule has 0 saturated heterocycles. The standard InChI is InChI=1S/C26H34N4O2S/c1-7-20-8-12-22(13-9-20)27-24(31)16-33-26-29-28-25(30(26)18(4)5)19(6)32-23-14-10-21(11-15-23)17(2)3/h8-15,17-19H,7,16H2,1-6H3,(H,27,31). The highest BCUT2D eigenvalue weighted by atomic mass is 32.2. The Hall–Kier alpha value is -2.80. The zero-order valence-corrected chi connectivity index (χ0v) is 21.1. The van der Waals surface area contributed by atoms with Gasteiger partial charge in [0.25, 0.3) is 0 Å². The first-order valence-electron chi connectivity index (χ1n) is 11.5. The van der Waals surface area contributed by atoms with E-state index < -0.39 is 0 Å². The van der Waals surface area contributed by atoms with Gasteiger partial charge in [0.15, 0.2) is 17.1 Å². The maximum Gasteiger partial charge on any atom is 0.234 e. The number of aryl methyl sites for hydroxylation is 1. The summed E-state index contributed by atoms with van der Waals surface area (Å²) in [6, 6.07) is 16.2. The van der Waals surface area contributed by atoms with Crippen molar-refractivity contribution in [2.45, 2.75) is 71.2 Å². The number of nitrogens with one attached hydrogen (secondary N) is 1. The van der Waals surface area contributed by atoms with Crippen LogP contribution in [0.25, 0.3) is 0 Å². The number of amides is 1. The van der Waals surface area contributed by atoms with Gasteiger partial charge in [-0.2, -0.15) is 0 Å². The quantitative estimate of drug-likeness (QED) is 0.349. The highest BCUT2D eigenvalue weighted by Gasteiger charge is 2.22. The molecule has 0 aliphatic carbocycles. The van der Waals surface area contributed by atoms with Gasteiger partial charge in [0.05, 0.1) is 5.75 Å². The van der Waals surface area contributed by atoms with Crippen molar-refractivity contribution in [1.29, 1.82) is 0 Å². The van der Waals surface area contributed by atoms with Gasteiger partial charge < -0.3 is 14.6 Å². The van der Waals surface area contributed by atoms with E-state index in [4.69, 9.17) is 4.74 Å². The molecule has 176 valence electrons. The molecule has 3 rings (SSSR count). The molecule has 1 amide bonds.